The second kappa shape index (κ2) is 12.3. The number of aliphatic hydroxyl groups excluding tert-OH is 1. The Kier molecular flexibility index (Phi) is 10.6. The zero-order chi connectivity index (χ0) is 19.9. The van der Waals surface area contributed by atoms with Crippen LogP contribution in [0.1, 0.15) is 35.4 Å². The molecule has 3 aromatic rings. The van der Waals surface area contributed by atoms with Gasteiger partial charge in [0.05, 0.1) is 24.2 Å². The zero-order valence-corrected chi connectivity index (χ0v) is 18.4. The first kappa shape index (κ1) is 25.7. The van der Waals surface area contributed by atoms with Crippen molar-refractivity contribution in [3.63, 3.8) is 0 Å². The van der Waals surface area contributed by atoms with Gasteiger partial charge in [-0.2, -0.15) is 0 Å². The Bertz CT molecular complexity index is 899. The maximum Gasteiger partial charge on any atom is 0.237 e. The van der Waals surface area contributed by atoms with Gasteiger partial charge in [0.1, 0.15) is 0 Å². The molecule has 6 nitrogen and oxygen atoms in total. The van der Waals surface area contributed by atoms with Gasteiger partial charge in [0.25, 0.3) is 0 Å². The summed E-state index contributed by atoms with van der Waals surface area (Å²) in [4.78, 5) is 16.6. The molecule has 1 amide bonds. The van der Waals surface area contributed by atoms with Crippen LogP contribution in [0.25, 0.3) is 0 Å². The van der Waals surface area contributed by atoms with E-state index in [1.165, 1.54) is 5.56 Å². The van der Waals surface area contributed by atoms with E-state index in [0.717, 1.165) is 23.4 Å². The Morgan fingerprint density at radius 1 is 1.10 bits per heavy atom. The molecule has 1 heterocycles. The summed E-state index contributed by atoms with van der Waals surface area (Å²) in [6, 6.07) is 16.9. The number of nitrogens with two attached hydrogens (primary N) is 1. The van der Waals surface area contributed by atoms with E-state index in [1.54, 1.807) is 13.3 Å². The molecule has 3 rings (SSSR count). The zero-order valence-electron chi connectivity index (χ0n) is 16.8. The molecule has 0 radical (unpaired) electrons. The number of nitrogens with one attached hydrogen (secondary N) is 1. The van der Waals surface area contributed by atoms with Crippen molar-refractivity contribution < 1.29 is 9.90 Å². The number of nitrogens with zero attached hydrogens (tertiary/aromatic N) is 2. The molecule has 0 saturated carbocycles. The van der Waals surface area contributed by atoms with Gasteiger partial charge in [-0.1, -0.05) is 54.6 Å². The van der Waals surface area contributed by atoms with Crippen LogP contribution in [-0.2, 0) is 24.3 Å². The third kappa shape index (κ3) is 7.46. The standard InChI is InChI=1S/C22H26N4O2.2ClH/c1-16(27)19-9-7-17(8-10-19)12-24-22(28)21(23)11-20-14-26(15-25-20)13-18-5-3-2-4-6-18;;/h2-10,14-16,21,27H,11-13,23H2,1H3,(H,24,28);2*1H/t16?,21-;;/m0../s1. The fraction of sp³-hybridized carbons (Fsp3) is 0.273. The van der Waals surface area contributed by atoms with Crippen LogP contribution in [0.5, 0.6) is 0 Å². The van der Waals surface area contributed by atoms with Crippen LogP contribution >= 0.6 is 24.8 Å². The molecular weight excluding hydrogens is 423 g/mol. The Balaban J connectivity index is 0.00000225. The van der Waals surface area contributed by atoms with E-state index < -0.39 is 12.1 Å². The van der Waals surface area contributed by atoms with E-state index in [0.29, 0.717) is 13.0 Å². The van der Waals surface area contributed by atoms with Gasteiger partial charge >= 0.3 is 0 Å². The summed E-state index contributed by atoms with van der Waals surface area (Å²) in [5.41, 5.74) is 9.83. The molecule has 0 aliphatic carbocycles. The van der Waals surface area contributed by atoms with Crippen molar-refractivity contribution in [1.82, 2.24) is 14.9 Å². The highest BCUT2D eigenvalue weighted by molar-refractivity contribution is 5.85. The van der Waals surface area contributed by atoms with Gasteiger partial charge in [-0.05, 0) is 23.6 Å². The summed E-state index contributed by atoms with van der Waals surface area (Å²) >= 11 is 0. The lowest BCUT2D eigenvalue weighted by molar-refractivity contribution is -0.122. The highest BCUT2D eigenvalue weighted by atomic mass is 35.5. The molecule has 1 unspecified atom stereocenters. The molecule has 2 atom stereocenters. The average molecular weight is 451 g/mol. The van der Waals surface area contributed by atoms with Crippen molar-refractivity contribution >= 4 is 30.7 Å². The number of halogens is 2. The van der Waals surface area contributed by atoms with Gasteiger partial charge in [0.2, 0.25) is 5.91 Å². The number of aliphatic hydroxyl groups is 1. The summed E-state index contributed by atoms with van der Waals surface area (Å²) < 4.78 is 1.99. The van der Waals surface area contributed by atoms with E-state index in [4.69, 9.17) is 5.73 Å². The minimum absolute atomic E-state index is 0. The van der Waals surface area contributed by atoms with Crippen LogP contribution in [0, 0.1) is 0 Å². The summed E-state index contributed by atoms with van der Waals surface area (Å²) in [7, 11) is 0. The molecule has 1 aromatic heterocycles. The Morgan fingerprint density at radius 2 is 1.77 bits per heavy atom. The summed E-state index contributed by atoms with van der Waals surface area (Å²) in [5, 5.41) is 12.4. The SMILES string of the molecule is CC(O)c1ccc(CNC(=O)[C@@H](N)Cc2cn(Cc3ccccc3)cn2)cc1.Cl.Cl. The molecule has 0 bridgehead atoms. The smallest absolute Gasteiger partial charge is 0.237 e. The van der Waals surface area contributed by atoms with E-state index in [-0.39, 0.29) is 30.7 Å². The second-order valence-electron chi connectivity index (χ2n) is 6.97. The molecular formula is C22H28Cl2N4O2. The minimum atomic E-state index is -0.656. The molecule has 0 aliphatic rings. The fourth-order valence-electron chi connectivity index (χ4n) is 2.94. The minimum Gasteiger partial charge on any atom is -0.389 e. The van der Waals surface area contributed by atoms with Crippen LogP contribution in [0.15, 0.2) is 67.1 Å². The predicted octanol–water partition coefficient (Wildman–Crippen LogP) is 3.01. The second-order valence-corrected chi connectivity index (χ2v) is 6.97. The van der Waals surface area contributed by atoms with Crippen LogP contribution in [0.4, 0.5) is 0 Å². The third-order valence-electron chi connectivity index (χ3n) is 4.59. The van der Waals surface area contributed by atoms with Gasteiger partial charge in [-0.25, -0.2) is 4.98 Å². The van der Waals surface area contributed by atoms with Crippen molar-refractivity contribution in [2.45, 2.75) is 38.6 Å². The predicted molar refractivity (Wildman–Crippen MR) is 123 cm³/mol. The molecule has 8 heteroatoms. The van der Waals surface area contributed by atoms with Crippen molar-refractivity contribution in [2.75, 3.05) is 0 Å². The van der Waals surface area contributed by atoms with Gasteiger partial charge in [0.15, 0.2) is 0 Å². The van der Waals surface area contributed by atoms with Crippen LogP contribution in [-0.4, -0.2) is 26.6 Å². The average Bonchev–Trinajstić information content (AvgIpc) is 3.13. The van der Waals surface area contributed by atoms with Gasteiger partial charge in [0, 0.05) is 25.7 Å². The number of amides is 1. The monoisotopic (exact) mass is 450 g/mol. The summed E-state index contributed by atoms with van der Waals surface area (Å²) in [5.74, 6) is -0.211. The molecule has 0 spiro atoms. The molecule has 0 saturated heterocycles. The first-order valence-corrected chi connectivity index (χ1v) is 9.36. The molecule has 4 N–H and O–H groups in total. The topological polar surface area (TPSA) is 93.2 Å². The maximum absolute atomic E-state index is 12.3. The number of imidazole rings is 1. The van der Waals surface area contributed by atoms with Crippen molar-refractivity contribution in [1.29, 1.82) is 0 Å². The number of hydrogen-bond donors (Lipinski definition) is 3. The van der Waals surface area contributed by atoms with Crippen molar-refractivity contribution in [2.24, 2.45) is 5.73 Å². The van der Waals surface area contributed by atoms with Crippen molar-refractivity contribution in [3.05, 3.63) is 89.5 Å². The van der Waals surface area contributed by atoms with Gasteiger partial charge in [-0.3, -0.25) is 4.79 Å². The number of carbonyl (C=O) groups is 1. The fourth-order valence-corrected chi connectivity index (χ4v) is 2.94. The van der Waals surface area contributed by atoms with Gasteiger partial charge < -0.3 is 20.7 Å². The molecule has 30 heavy (non-hydrogen) atoms. The lowest BCUT2D eigenvalue weighted by Crippen LogP contribution is -2.41. The Hall–Kier alpha value is -2.38. The van der Waals surface area contributed by atoms with E-state index in [2.05, 4.69) is 22.4 Å². The largest absolute Gasteiger partial charge is 0.389 e. The Morgan fingerprint density at radius 3 is 2.40 bits per heavy atom. The summed E-state index contributed by atoms with van der Waals surface area (Å²) in [6.45, 7) is 2.85. The molecule has 162 valence electrons. The summed E-state index contributed by atoms with van der Waals surface area (Å²) in [6.07, 6.45) is 3.57. The number of carbonyl (C=O) groups excluding carboxylic acids is 1. The first-order valence-electron chi connectivity index (χ1n) is 9.36. The van der Waals surface area contributed by atoms with Crippen LogP contribution in [0.2, 0.25) is 0 Å². The first-order chi connectivity index (χ1) is 13.5. The molecule has 0 aliphatic heterocycles. The number of benzene rings is 2. The number of aromatic nitrogens is 2. The number of hydrogen-bond acceptors (Lipinski definition) is 4. The van der Waals surface area contributed by atoms with Gasteiger partial charge in [-0.15, -0.1) is 24.8 Å². The van der Waals surface area contributed by atoms with Crippen LogP contribution in [0.3, 0.4) is 0 Å². The lowest BCUT2D eigenvalue weighted by Gasteiger charge is -2.12. The van der Waals surface area contributed by atoms with E-state index in [1.807, 2.05) is 53.2 Å². The maximum atomic E-state index is 12.3. The lowest BCUT2D eigenvalue weighted by atomic mass is 10.1. The Labute approximate surface area is 189 Å². The van der Waals surface area contributed by atoms with Crippen molar-refractivity contribution in [3.8, 4) is 0 Å². The quantitative estimate of drug-likeness (QED) is 0.491. The van der Waals surface area contributed by atoms with E-state index in [9.17, 15) is 9.90 Å². The van der Waals surface area contributed by atoms with E-state index >= 15 is 0 Å². The highest BCUT2D eigenvalue weighted by Gasteiger charge is 2.15. The molecule has 0 fully saturated rings. The third-order valence-corrected chi connectivity index (χ3v) is 4.59. The number of rotatable bonds is 8. The van der Waals surface area contributed by atoms with Crippen LogP contribution < -0.4 is 11.1 Å². The molecule has 2 aromatic carbocycles. The highest BCUT2D eigenvalue weighted by Crippen LogP contribution is 2.12. The normalized spacial score (nSPS) is 12.2.